The molecule has 0 aromatic rings. The average Bonchev–Trinajstić information content (AvgIpc) is 2.83. The maximum absolute atomic E-state index is 11.7. The van der Waals surface area contributed by atoms with E-state index in [0.29, 0.717) is 0 Å². The summed E-state index contributed by atoms with van der Waals surface area (Å²) in [7, 11) is 0. The molecule has 2 aliphatic rings. The Bertz CT molecular complexity index is 344. The average molecular weight is 252 g/mol. The molecule has 0 aromatic heterocycles. The molecule has 0 spiro atoms. The first-order valence-electron chi connectivity index (χ1n) is 6.78. The van der Waals surface area contributed by atoms with Gasteiger partial charge in [-0.15, -0.1) is 0 Å². The molecule has 2 saturated carbocycles. The molecule has 5 nitrogen and oxygen atoms in total. The molecule has 2 amide bonds. The Kier molecular flexibility index (Phi) is 4.33. The lowest BCUT2D eigenvalue weighted by Gasteiger charge is -2.26. The van der Waals surface area contributed by atoms with Gasteiger partial charge in [-0.3, -0.25) is 14.4 Å². The summed E-state index contributed by atoms with van der Waals surface area (Å²) in [5.74, 6) is -1.29. The third-order valence-electron chi connectivity index (χ3n) is 3.83. The molecule has 0 bridgehead atoms. The second-order valence-corrected chi connectivity index (χ2v) is 5.22. The van der Waals surface area contributed by atoms with Crippen molar-refractivity contribution in [2.75, 3.05) is 6.54 Å². The van der Waals surface area contributed by atoms with Crippen LogP contribution in [0.25, 0.3) is 0 Å². The molecule has 5 heteroatoms. The van der Waals surface area contributed by atoms with Gasteiger partial charge in [0.1, 0.15) is 0 Å². The van der Waals surface area contributed by atoms with Gasteiger partial charge >= 0.3 is 0 Å². The number of Topliss-reactive ketones (excluding diaryl/α,β-unsaturated/α-hetero) is 1. The molecule has 0 heterocycles. The second kappa shape index (κ2) is 5.98. The van der Waals surface area contributed by atoms with Crippen molar-refractivity contribution in [3.63, 3.8) is 0 Å². The van der Waals surface area contributed by atoms with Crippen molar-refractivity contribution in [2.45, 2.75) is 51.0 Å². The number of nitrogens with one attached hydrogen (secondary N) is 2. The smallest absolute Gasteiger partial charge is 0.288 e. The largest absolute Gasteiger partial charge is 0.352 e. The predicted molar refractivity (Wildman–Crippen MR) is 65.8 cm³/mol. The van der Waals surface area contributed by atoms with E-state index in [9.17, 15) is 14.4 Å². The van der Waals surface area contributed by atoms with Crippen LogP contribution in [0, 0.1) is 5.92 Å². The van der Waals surface area contributed by atoms with Crippen LogP contribution in [0.2, 0.25) is 0 Å². The van der Waals surface area contributed by atoms with E-state index in [2.05, 4.69) is 10.6 Å². The molecule has 0 aromatic carbocycles. The van der Waals surface area contributed by atoms with Gasteiger partial charge in [0, 0.05) is 12.0 Å². The lowest BCUT2D eigenvalue weighted by Crippen LogP contribution is -2.46. The van der Waals surface area contributed by atoms with Gasteiger partial charge < -0.3 is 10.6 Å². The lowest BCUT2D eigenvalue weighted by molar-refractivity contribution is -0.140. The monoisotopic (exact) mass is 252 g/mol. The van der Waals surface area contributed by atoms with E-state index in [1.807, 2.05) is 0 Å². The van der Waals surface area contributed by atoms with Crippen LogP contribution in [0.1, 0.15) is 44.9 Å². The number of carbonyl (C=O) groups is 3. The molecule has 100 valence electrons. The minimum Gasteiger partial charge on any atom is -0.352 e. The molecule has 2 N–H and O–H groups in total. The van der Waals surface area contributed by atoms with Gasteiger partial charge in [0.2, 0.25) is 11.7 Å². The van der Waals surface area contributed by atoms with Crippen molar-refractivity contribution in [3.8, 4) is 0 Å². The molecule has 2 aliphatic carbocycles. The van der Waals surface area contributed by atoms with Crippen molar-refractivity contribution in [1.29, 1.82) is 0 Å². The molecule has 18 heavy (non-hydrogen) atoms. The fraction of sp³-hybridized carbons (Fsp3) is 0.769. The summed E-state index contributed by atoms with van der Waals surface area (Å²) in [6.45, 7) is -0.0895. The Morgan fingerprint density at radius 1 is 0.944 bits per heavy atom. The normalized spacial score (nSPS) is 20.2. The maximum atomic E-state index is 11.7. The number of hydrogen-bond acceptors (Lipinski definition) is 3. The molecule has 0 saturated heterocycles. The van der Waals surface area contributed by atoms with Gasteiger partial charge in [-0.25, -0.2) is 0 Å². The summed E-state index contributed by atoms with van der Waals surface area (Å²) < 4.78 is 0. The van der Waals surface area contributed by atoms with E-state index in [1.165, 1.54) is 0 Å². The van der Waals surface area contributed by atoms with Crippen LogP contribution >= 0.6 is 0 Å². The quantitative estimate of drug-likeness (QED) is 0.701. The van der Waals surface area contributed by atoms with E-state index in [-0.39, 0.29) is 30.2 Å². The van der Waals surface area contributed by atoms with Crippen LogP contribution in [0.4, 0.5) is 0 Å². The van der Waals surface area contributed by atoms with Crippen molar-refractivity contribution in [2.24, 2.45) is 5.92 Å². The topological polar surface area (TPSA) is 75.3 Å². The Balaban J connectivity index is 1.66. The summed E-state index contributed by atoms with van der Waals surface area (Å²) >= 11 is 0. The Hall–Kier alpha value is -1.39. The first kappa shape index (κ1) is 13.1. The maximum Gasteiger partial charge on any atom is 0.288 e. The van der Waals surface area contributed by atoms with Crippen LogP contribution in [0.5, 0.6) is 0 Å². The van der Waals surface area contributed by atoms with E-state index in [4.69, 9.17) is 0 Å². The van der Waals surface area contributed by atoms with Crippen molar-refractivity contribution >= 4 is 17.6 Å². The Morgan fingerprint density at radius 2 is 1.61 bits per heavy atom. The van der Waals surface area contributed by atoms with Gasteiger partial charge in [0.15, 0.2) is 0 Å². The van der Waals surface area contributed by atoms with E-state index >= 15 is 0 Å². The van der Waals surface area contributed by atoms with E-state index in [0.717, 1.165) is 44.9 Å². The predicted octanol–water partition coefficient (Wildman–Crippen LogP) is 0.531. The van der Waals surface area contributed by atoms with Crippen molar-refractivity contribution < 1.29 is 14.4 Å². The van der Waals surface area contributed by atoms with Gasteiger partial charge in [-0.05, 0) is 32.1 Å². The van der Waals surface area contributed by atoms with Crippen LogP contribution in [0.15, 0.2) is 0 Å². The first-order chi connectivity index (χ1) is 8.66. The van der Waals surface area contributed by atoms with Gasteiger partial charge in [0.05, 0.1) is 6.54 Å². The Labute approximate surface area is 107 Å². The third kappa shape index (κ3) is 3.31. The zero-order valence-corrected chi connectivity index (χ0v) is 10.5. The van der Waals surface area contributed by atoms with Crippen LogP contribution < -0.4 is 10.6 Å². The summed E-state index contributed by atoms with van der Waals surface area (Å²) in [6, 6.07) is 0.264. The molecule has 0 aliphatic heterocycles. The van der Waals surface area contributed by atoms with E-state index in [1.54, 1.807) is 0 Å². The van der Waals surface area contributed by atoms with Crippen molar-refractivity contribution in [3.05, 3.63) is 0 Å². The van der Waals surface area contributed by atoms with Gasteiger partial charge in [0.25, 0.3) is 5.91 Å². The van der Waals surface area contributed by atoms with E-state index < -0.39 is 5.91 Å². The first-order valence-corrected chi connectivity index (χ1v) is 6.78. The summed E-state index contributed by atoms with van der Waals surface area (Å²) in [5.41, 5.74) is 0. The van der Waals surface area contributed by atoms with Crippen molar-refractivity contribution in [1.82, 2.24) is 10.6 Å². The minimum atomic E-state index is -0.606. The molecule has 0 atom stereocenters. The fourth-order valence-corrected chi connectivity index (χ4v) is 2.45. The highest BCUT2D eigenvalue weighted by Gasteiger charge is 2.28. The number of rotatable bonds is 5. The highest BCUT2D eigenvalue weighted by molar-refractivity contribution is 6.37. The van der Waals surface area contributed by atoms with Crippen LogP contribution in [-0.2, 0) is 14.4 Å². The minimum absolute atomic E-state index is 0.0895. The zero-order chi connectivity index (χ0) is 13.0. The summed E-state index contributed by atoms with van der Waals surface area (Å²) in [4.78, 5) is 34.7. The zero-order valence-electron chi connectivity index (χ0n) is 10.5. The van der Waals surface area contributed by atoms with Crippen LogP contribution in [-0.4, -0.2) is 30.2 Å². The standard InChI is InChI=1S/C13H20N2O3/c16-11(15-10-6-3-7-10)8-14-13(18)12(17)9-4-1-2-5-9/h9-10H,1-8H2,(H,14,18)(H,15,16). The number of amides is 2. The molecular weight excluding hydrogens is 232 g/mol. The molecule has 2 fully saturated rings. The Morgan fingerprint density at radius 3 is 2.17 bits per heavy atom. The highest BCUT2D eigenvalue weighted by Crippen LogP contribution is 2.25. The highest BCUT2D eigenvalue weighted by atomic mass is 16.2. The SMILES string of the molecule is O=C(CNC(=O)C(=O)C1CCCC1)NC1CCC1. The number of carbonyl (C=O) groups excluding carboxylic acids is 3. The number of hydrogen-bond donors (Lipinski definition) is 2. The third-order valence-corrected chi connectivity index (χ3v) is 3.83. The van der Waals surface area contributed by atoms with Gasteiger partial charge in [-0.1, -0.05) is 12.8 Å². The summed E-state index contributed by atoms with van der Waals surface area (Å²) in [5, 5.41) is 5.23. The van der Waals surface area contributed by atoms with Gasteiger partial charge in [-0.2, -0.15) is 0 Å². The number of ketones is 1. The molecular formula is C13H20N2O3. The molecule has 2 rings (SSSR count). The van der Waals surface area contributed by atoms with Crippen LogP contribution in [0.3, 0.4) is 0 Å². The molecule has 0 unspecified atom stereocenters. The second-order valence-electron chi connectivity index (χ2n) is 5.22. The lowest BCUT2D eigenvalue weighted by atomic mass is 9.93. The fourth-order valence-electron chi connectivity index (χ4n) is 2.45. The summed E-state index contributed by atoms with van der Waals surface area (Å²) in [6.07, 6.45) is 6.83. The molecule has 0 radical (unpaired) electrons.